The molecule has 2 aromatic carbocycles. The fourth-order valence-corrected chi connectivity index (χ4v) is 3.56. The number of nitrogens with zero attached hydrogens (tertiary/aromatic N) is 2. The lowest BCUT2D eigenvalue weighted by molar-refractivity contribution is 0.102. The van der Waals surface area contributed by atoms with Crippen molar-refractivity contribution in [1.29, 1.82) is 0 Å². The lowest BCUT2D eigenvalue weighted by Crippen LogP contribution is -2.29. The molecule has 4 aromatic rings. The molecular weight excluding hydrogens is 364 g/mol. The van der Waals surface area contributed by atoms with E-state index in [0.717, 1.165) is 28.8 Å². The van der Waals surface area contributed by atoms with Crippen molar-refractivity contribution in [2.45, 2.75) is 27.2 Å². The van der Waals surface area contributed by atoms with Gasteiger partial charge < -0.3 is 5.32 Å². The summed E-state index contributed by atoms with van der Waals surface area (Å²) in [6.07, 6.45) is 0.864. The summed E-state index contributed by atoms with van der Waals surface area (Å²) >= 11 is 0. The highest BCUT2D eigenvalue weighted by atomic mass is 16.2. The van der Waals surface area contributed by atoms with Gasteiger partial charge in [-0.25, -0.2) is 9.50 Å². The largest absolute Gasteiger partial charge is 0.322 e. The number of benzene rings is 2. The van der Waals surface area contributed by atoms with Crippen LogP contribution in [-0.4, -0.2) is 20.5 Å². The van der Waals surface area contributed by atoms with Crippen LogP contribution in [0, 0.1) is 13.8 Å². The molecule has 0 fully saturated rings. The molecule has 1 amide bonds. The molecule has 146 valence electrons. The third-order valence-corrected chi connectivity index (χ3v) is 5.02. The Bertz CT molecular complexity index is 1270. The van der Waals surface area contributed by atoms with Gasteiger partial charge >= 0.3 is 0 Å². The molecule has 6 heteroatoms. The maximum absolute atomic E-state index is 13.1. The van der Waals surface area contributed by atoms with E-state index in [-0.39, 0.29) is 5.56 Å². The summed E-state index contributed by atoms with van der Waals surface area (Å²) in [6, 6.07) is 17.4. The van der Waals surface area contributed by atoms with E-state index < -0.39 is 11.5 Å². The second kappa shape index (κ2) is 7.39. The van der Waals surface area contributed by atoms with Gasteiger partial charge in [-0.1, -0.05) is 49.4 Å². The third kappa shape index (κ3) is 3.33. The Morgan fingerprint density at radius 3 is 2.59 bits per heavy atom. The van der Waals surface area contributed by atoms with E-state index in [0.29, 0.717) is 17.0 Å². The van der Waals surface area contributed by atoms with Crippen molar-refractivity contribution in [1.82, 2.24) is 14.6 Å². The van der Waals surface area contributed by atoms with Crippen LogP contribution < -0.4 is 10.9 Å². The molecule has 0 unspecified atom stereocenters. The first kappa shape index (κ1) is 18.7. The minimum atomic E-state index is -0.462. The summed E-state index contributed by atoms with van der Waals surface area (Å²) in [5.41, 5.74) is 4.93. The topological polar surface area (TPSA) is 79.3 Å². The quantitative estimate of drug-likeness (QED) is 0.554. The van der Waals surface area contributed by atoms with Gasteiger partial charge in [-0.05, 0) is 43.5 Å². The Balaban J connectivity index is 1.80. The number of amides is 1. The van der Waals surface area contributed by atoms with E-state index in [9.17, 15) is 9.59 Å². The van der Waals surface area contributed by atoms with Crippen molar-refractivity contribution >= 4 is 17.2 Å². The average molecular weight is 386 g/mol. The second-order valence-corrected chi connectivity index (χ2v) is 7.02. The fraction of sp³-hybridized carbons (Fsp3) is 0.174. The molecule has 29 heavy (non-hydrogen) atoms. The van der Waals surface area contributed by atoms with E-state index in [1.807, 2.05) is 68.4 Å². The molecule has 6 nitrogen and oxygen atoms in total. The number of hydrogen-bond acceptors (Lipinski definition) is 3. The summed E-state index contributed by atoms with van der Waals surface area (Å²) in [5, 5.41) is 5.89. The number of fused-ring (bicyclic) bond motifs is 1. The van der Waals surface area contributed by atoms with Gasteiger partial charge in [0, 0.05) is 16.9 Å². The smallest absolute Gasteiger partial charge is 0.285 e. The van der Waals surface area contributed by atoms with Gasteiger partial charge in [0.05, 0.1) is 5.69 Å². The lowest BCUT2D eigenvalue weighted by atomic mass is 10.1. The minimum absolute atomic E-state index is 0.0327. The fourth-order valence-electron chi connectivity index (χ4n) is 3.56. The van der Waals surface area contributed by atoms with Gasteiger partial charge in [0.25, 0.3) is 11.5 Å². The number of aryl methyl sites for hydroxylation is 3. The van der Waals surface area contributed by atoms with E-state index in [1.165, 1.54) is 4.52 Å². The van der Waals surface area contributed by atoms with Gasteiger partial charge in [-0.3, -0.25) is 14.7 Å². The molecular formula is C23H22N4O2. The molecule has 4 rings (SSSR count). The number of anilines is 1. The standard InChI is InChI=1S/C23H22N4O2/c1-4-16-9-8-12-18(13-16)25-22(28)20-14(2)24-21-19(17-10-6-5-7-11-17)15(3)26-27(21)23(20)29/h5-13,26H,4H2,1-3H3,(H,25,28). The van der Waals surface area contributed by atoms with Crippen LogP contribution in [0.3, 0.4) is 0 Å². The van der Waals surface area contributed by atoms with E-state index in [2.05, 4.69) is 15.4 Å². The summed E-state index contributed by atoms with van der Waals surface area (Å²) in [7, 11) is 0. The van der Waals surface area contributed by atoms with Crippen LogP contribution in [0.2, 0.25) is 0 Å². The van der Waals surface area contributed by atoms with Crippen molar-refractivity contribution in [2.24, 2.45) is 0 Å². The SMILES string of the molecule is CCc1cccc(NC(=O)c2c(C)nc3c(-c4ccccc4)c(C)[nH]n3c2=O)c1. The molecule has 0 bridgehead atoms. The molecule has 0 aliphatic heterocycles. The predicted octanol–water partition coefficient (Wildman–Crippen LogP) is 4.12. The van der Waals surface area contributed by atoms with E-state index >= 15 is 0 Å². The van der Waals surface area contributed by atoms with E-state index in [4.69, 9.17) is 0 Å². The molecule has 2 N–H and O–H groups in total. The molecule has 2 aromatic heterocycles. The summed E-state index contributed by atoms with van der Waals surface area (Å²) in [4.78, 5) is 30.6. The van der Waals surface area contributed by atoms with Gasteiger partial charge in [0.15, 0.2) is 5.65 Å². The third-order valence-electron chi connectivity index (χ3n) is 5.02. The first-order valence-corrected chi connectivity index (χ1v) is 9.57. The zero-order valence-corrected chi connectivity index (χ0v) is 16.6. The summed E-state index contributed by atoms with van der Waals surface area (Å²) in [6.45, 7) is 5.63. The van der Waals surface area contributed by atoms with Crippen molar-refractivity contribution in [3.05, 3.63) is 87.5 Å². The van der Waals surface area contributed by atoms with Crippen LogP contribution >= 0.6 is 0 Å². The molecule has 0 atom stereocenters. The number of rotatable bonds is 4. The molecule has 0 saturated heterocycles. The average Bonchev–Trinajstić information content (AvgIpc) is 3.05. The van der Waals surface area contributed by atoms with E-state index in [1.54, 1.807) is 6.92 Å². The van der Waals surface area contributed by atoms with Gasteiger partial charge in [-0.2, -0.15) is 0 Å². The number of nitrogens with one attached hydrogen (secondary N) is 2. The molecule has 0 spiro atoms. The monoisotopic (exact) mass is 386 g/mol. The van der Waals surface area contributed by atoms with Crippen molar-refractivity contribution in [3.63, 3.8) is 0 Å². The predicted molar refractivity (Wildman–Crippen MR) is 114 cm³/mol. The molecule has 2 heterocycles. The first-order valence-electron chi connectivity index (χ1n) is 9.57. The van der Waals surface area contributed by atoms with Gasteiger partial charge in [0.2, 0.25) is 0 Å². The van der Waals surface area contributed by atoms with Crippen molar-refractivity contribution in [2.75, 3.05) is 5.32 Å². The highest BCUT2D eigenvalue weighted by Gasteiger charge is 2.21. The molecule has 0 aliphatic rings. The van der Waals surface area contributed by atoms with Crippen molar-refractivity contribution in [3.8, 4) is 11.1 Å². The Morgan fingerprint density at radius 2 is 1.86 bits per heavy atom. The molecule has 0 saturated carbocycles. The number of carbonyl (C=O) groups is 1. The van der Waals surface area contributed by atoms with Gasteiger partial charge in [0.1, 0.15) is 5.56 Å². The highest BCUT2D eigenvalue weighted by Crippen LogP contribution is 2.26. The number of aromatic nitrogens is 3. The Morgan fingerprint density at radius 1 is 1.10 bits per heavy atom. The number of carbonyl (C=O) groups excluding carboxylic acids is 1. The highest BCUT2D eigenvalue weighted by molar-refractivity contribution is 6.05. The first-order chi connectivity index (χ1) is 14.0. The second-order valence-electron chi connectivity index (χ2n) is 7.02. The summed E-state index contributed by atoms with van der Waals surface area (Å²) in [5.74, 6) is -0.462. The Hall–Kier alpha value is -3.67. The zero-order chi connectivity index (χ0) is 20.5. The number of aromatic amines is 1. The maximum Gasteiger partial charge on any atom is 0.285 e. The maximum atomic E-state index is 13.1. The Labute approximate surface area is 168 Å². The normalized spacial score (nSPS) is 11.0. The number of hydrogen-bond donors (Lipinski definition) is 2. The Kier molecular flexibility index (Phi) is 4.76. The number of H-pyrrole nitrogens is 1. The zero-order valence-electron chi connectivity index (χ0n) is 16.6. The molecule has 0 radical (unpaired) electrons. The van der Waals surface area contributed by atoms with Crippen LogP contribution in [0.4, 0.5) is 5.69 Å². The van der Waals surface area contributed by atoms with Crippen LogP contribution in [0.25, 0.3) is 16.8 Å². The molecule has 0 aliphatic carbocycles. The van der Waals surface area contributed by atoms with Crippen LogP contribution in [0.1, 0.15) is 34.2 Å². The van der Waals surface area contributed by atoms with Crippen LogP contribution in [0.5, 0.6) is 0 Å². The minimum Gasteiger partial charge on any atom is -0.322 e. The summed E-state index contributed by atoms with van der Waals surface area (Å²) < 4.78 is 1.35. The van der Waals surface area contributed by atoms with Crippen LogP contribution in [0.15, 0.2) is 59.4 Å². The van der Waals surface area contributed by atoms with Gasteiger partial charge in [-0.15, -0.1) is 0 Å². The van der Waals surface area contributed by atoms with Crippen LogP contribution in [-0.2, 0) is 6.42 Å². The lowest BCUT2D eigenvalue weighted by Gasteiger charge is -2.09. The van der Waals surface area contributed by atoms with Crippen molar-refractivity contribution < 1.29 is 4.79 Å².